The van der Waals surface area contributed by atoms with E-state index < -0.39 is 17.5 Å². The Hall–Kier alpha value is -2.15. The van der Waals surface area contributed by atoms with Gasteiger partial charge in [-0.15, -0.1) is 0 Å². The zero-order valence-electron chi connectivity index (χ0n) is 15.5. The molecule has 1 amide bonds. The van der Waals surface area contributed by atoms with Gasteiger partial charge < -0.3 is 10.1 Å². The van der Waals surface area contributed by atoms with Crippen molar-refractivity contribution in [3.8, 4) is 0 Å². The molecule has 1 aromatic rings. The Morgan fingerprint density at radius 3 is 2.36 bits per heavy atom. The van der Waals surface area contributed by atoms with E-state index in [1.54, 1.807) is 0 Å². The third-order valence-corrected chi connectivity index (χ3v) is 6.87. The van der Waals surface area contributed by atoms with Gasteiger partial charge >= 0.3 is 5.97 Å². The fourth-order valence-electron chi connectivity index (χ4n) is 5.84. The van der Waals surface area contributed by atoms with E-state index >= 15 is 0 Å². The minimum atomic E-state index is -0.848. The molecule has 0 unspecified atom stereocenters. The van der Waals surface area contributed by atoms with Gasteiger partial charge in [0.25, 0.3) is 11.6 Å². The van der Waals surface area contributed by atoms with Crippen LogP contribution < -0.4 is 5.32 Å². The number of hydrogen-bond acceptors (Lipinski definition) is 5. The van der Waals surface area contributed by atoms with Gasteiger partial charge in [0.2, 0.25) is 0 Å². The Morgan fingerprint density at radius 2 is 1.79 bits per heavy atom. The van der Waals surface area contributed by atoms with Crippen LogP contribution in [-0.4, -0.2) is 30.0 Å². The minimum Gasteiger partial charge on any atom is -0.452 e. The van der Waals surface area contributed by atoms with E-state index in [-0.39, 0.29) is 27.6 Å². The van der Waals surface area contributed by atoms with Gasteiger partial charge in [0.05, 0.1) is 15.5 Å². The molecule has 4 saturated carbocycles. The molecular weight excluding hydrogens is 384 g/mol. The Labute approximate surface area is 167 Å². The predicted molar refractivity (Wildman–Crippen MR) is 102 cm³/mol. The van der Waals surface area contributed by atoms with Crippen molar-refractivity contribution in [1.82, 2.24) is 5.32 Å². The Morgan fingerprint density at radius 1 is 1.18 bits per heavy atom. The van der Waals surface area contributed by atoms with E-state index in [9.17, 15) is 19.7 Å². The van der Waals surface area contributed by atoms with Crippen molar-refractivity contribution in [3.05, 3.63) is 38.9 Å². The van der Waals surface area contributed by atoms with E-state index in [1.165, 1.54) is 50.7 Å². The number of nitro groups is 1. The second kappa shape index (κ2) is 7.35. The molecule has 8 heteroatoms. The molecule has 4 fully saturated rings. The number of nitrogens with one attached hydrogen (secondary N) is 1. The lowest BCUT2D eigenvalue weighted by atomic mass is 9.49. The van der Waals surface area contributed by atoms with E-state index in [0.717, 1.165) is 23.8 Å². The lowest BCUT2D eigenvalue weighted by Crippen LogP contribution is -2.51. The highest BCUT2D eigenvalue weighted by Gasteiger charge is 2.50. The van der Waals surface area contributed by atoms with Crippen LogP contribution in [0.4, 0.5) is 5.69 Å². The van der Waals surface area contributed by atoms with E-state index in [2.05, 4.69) is 5.32 Å². The van der Waals surface area contributed by atoms with Gasteiger partial charge in [-0.1, -0.05) is 11.6 Å². The molecule has 5 rings (SSSR count). The third-order valence-electron chi connectivity index (χ3n) is 6.54. The maximum Gasteiger partial charge on any atom is 0.340 e. The fourth-order valence-corrected chi connectivity index (χ4v) is 6.03. The summed E-state index contributed by atoms with van der Waals surface area (Å²) in [7, 11) is 0. The van der Waals surface area contributed by atoms with Crippen LogP contribution in [0.15, 0.2) is 18.2 Å². The maximum atomic E-state index is 12.2. The zero-order valence-corrected chi connectivity index (χ0v) is 16.2. The average molecular weight is 407 g/mol. The zero-order chi connectivity index (χ0) is 19.9. The smallest absolute Gasteiger partial charge is 0.340 e. The van der Waals surface area contributed by atoms with Gasteiger partial charge in [0.15, 0.2) is 6.61 Å². The highest BCUT2D eigenvalue weighted by atomic mass is 35.5. The molecule has 0 spiro atoms. The number of carbonyl (C=O) groups is 2. The molecular formula is C20H23ClN2O5. The van der Waals surface area contributed by atoms with Gasteiger partial charge in [-0.2, -0.15) is 0 Å². The SMILES string of the molecule is O=C(COC(=O)c1cc([N+](=O)[O-])ccc1Cl)NCC12CC3CC(CC(C3)C1)C2. The molecule has 0 heterocycles. The summed E-state index contributed by atoms with van der Waals surface area (Å²) >= 11 is 5.92. The molecule has 7 nitrogen and oxygen atoms in total. The number of halogens is 1. The summed E-state index contributed by atoms with van der Waals surface area (Å²) in [6.45, 7) is 0.203. The number of non-ortho nitro benzene ring substituents is 1. The number of nitro benzene ring substituents is 1. The number of ether oxygens (including phenoxy) is 1. The summed E-state index contributed by atoms with van der Waals surface area (Å²) in [5, 5.41) is 13.8. The van der Waals surface area contributed by atoms with Crippen molar-refractivity contribution >= 4 is 29.2 Å². The summed E-state index contributed by atoms with van der Waals surface area (Å²) < 4.78 is 5.02. The first kappa shape index (κ1) is 19.2. The highest BCUT2D eigenvalue weighted by Crippen LogP contribution is 2.59. The number of nitrogens with zero attached hydrogens (tertiary/aromatic N) is 1. The molecule has 4 aliphatic carbocycles. The highest BCUT2D eigenvalue weighted by molar-refractivity contribution is 6.33. The number of benzene rings is 1. The Bertz CT molecular complexity index is 790. The van der Waals surface area contributed by atoms with Crippen molar-refractivity contribution in [2.45, 2.75) is 38.5 Å². The topological polar surface area (TPSA) is 98.5 Å². The molecule has 4 aliphatic rings. The van der Waals surface area contributed by atoms with Crippen molar-refractivity contribution in [1.29, 1.82) is 0 Å². The monoisotopic (exact) mass is 406 g/mol. The molecule has 0 radical (unpaired) electrons. The second-order valence-corrected chi connectivity index (χ2v) is 9.10. The van der Waals surface area contributed by atoms with Crippen molar-refractivity contribution in [2.75, 3.05) is 13.2 Å². The van der Waals surface area contributed by atoms with Crippen LogP contribution in [-0.2, 0) is 9.53 Å². The number of esters is 1. The summed E-state index contributed by atoms with van der Waals surface area (Å²) in [6.07, 6.45) is 7.57. The van der Waals surface area contributed by atoms with Gasteiger partial charge in [-0.25, -0.2) is 4.79 Å². The average Bonchev–Trinajstić information content (AvgIpc) is 2.63. The third kappa shape index (κ3) is 3.85. The molecule has 1 N–H and O–H groups in total. The van der Waals surface area contributed by atoms with Gasteiger partial charge in [-0.05, 0) is 67.8 Å². The molecule has 0 aromatic heterocycles. The van der Waals surface area contributed by atoms with E-state index in [0.29, 0.717) is 6.54 Å². The van der Waals surface area contributed by atoms with Gasteiger partial charge in [-0.3, -0.25) is 14.9 Å². The van der Waals surface area contributed by atoms with Crippen LogP contribution >= 0.6 is 11.6 Å². The predicted octanol–water partition coefficient (Wildman–Crippen LogP) is 3.74. The fraction of sp³-hybridized carbons (Fsp3) is 0.600. The van der Waals surface area contributed by atoms with Gasteiger partial charge in [0, 0.05) is 18.7 Å². The first-order valence-corrected chi connectivity index (χ1v) is 10.1. The maximum absolute atomic E-state index is 12.2. The number of hydrogen-bond donors (Lipinski definition) is 1. The van der Waals surface area contributed by atoms with Crippen molar-refractivity contribution in [2.24, 2.45) is 23.2 Å². The van der Waals surface area contributed by atoms with Crippen LogP contribution in [0.25, 0.3) is 0 Å². The molecule has 150 valence electrons. The molecule has 0 atom stereocenters. The summed E-state index contributed by atoms with van der Waals surface area (Å²) in [5.41, 5.74) is -0.176. The van der Waals surface area contributed by atoms with Crippen molar-refractivity contribution in [3.63, 3.8) is 0 Å². The van der Waals surface area contributed by atoms with E-state index in [1.807, 2.05) is 0 Å². The van der Waals surface area contributed by atoms with E-state index in [4.69, 9.17) is 16.3 Å². The number of amides is 1. The number of carbonyl (C=O) groups excluding carboxylic acids is 2. The van der Waals surface area contributed by atoms with Crippen LogP contribution in [0.3, 0.4) is 0 Å². The largest absolute Gasteiger partial charge is 0.452 e. The normalized spacial score (nSPS) is 30.1. The lowest BCUT2D eigenvalue weighted by molar-refractivity contribution is -0.384. The molecule has 28 heavy (non-hydrogen) atoms. The Balaban J connectivity index is 1.30. The van der Waals surface area contributed by atoms with Crippen molar-refractivity contribution < 1.29 is 19.2 Å². The first-order chi connectivity index (χ1) is 13.3. The first-order valence-electron chi connectivity index (χ1n) is 9.71. The van der Waals surface area contributed by atoms with Crippen LogP contribution in [0.2, 0.25) is 5.02 Å². The Kier molecular flexibility index (Phi) is 5.04. The minimum absolute atomic E-state index is 0.0459. The van der Waals surface area contributed by atoms with Crippen LogP contribution in [0.5, 0.6) is 0 Å². The molecule has 4 bridgehead atoms. The molecule has 0 saturated heterocycles. The molecule has 0 aliphatic heterocycles. The van der Waals surface area contributed by atoms with Crippen LogP contribution in [0, 0.1) is 33.3 Å². The van der Waals surface area contributed by atoms with Crippen LogP contribution in [0.1, 0.15) is 48.9 Å². The lowest BCUT2D eigenvalue weighted by Gasteiger charge is -2.56. The summed E-state index contributed by atoms with van der Waals surface area (Å²) in [5.74, 6) is 1.20. The quantitative estimate of drug-likeness (QED) is 0.440. The van der Waals surface area contributed by atoms with Gasteiger partial charge in [0.1, 0.15) is 0 Å². The summed E-state index contributed by atoms with van der Waals surface area (Å²) in [6, 6.07) is 3.53. The molecule has 1 aromatic carbocycles. The summed E-state index contributed by atoms with van der Waals surface area (Å²) in [4.78, 5) is 34.6. The number of rotatable bonds is 6. The second-order valence-electron chi connectivity index (χ2n) is 8.69. The standard InChI is InChI=1S/C20H23ClN2O5/c21-17-2-1-15(23(26)27)6-16(17)19(25)28-10-18(24)22-11-20-7-12-3-13(8-20)5-14(4-12)9-20/h1-2,6,12-14H,3-5,7-11H2,(H,22,24).